The van der Waals surface area contributed by atoms with E-state index in [2.05, 4.69) is 54.5 Å². The Balaban J connectivity index is 0.00000240. The minimum Gasteiger partial charge on any atom is -0.393 e. The first-order chi connectivity index (χ1) is 13.5. The molecular weight excluding hydrogens is 475 g/mol. The fourth-order valence-electron chi connectivity index (χ4n) is 3.49. The van der Waals surface area contributed by atoms with Gasteiger partial charge < -0.3 is 15.3 Å². The van der Waals surface area contributed by atoms with Crippen molar-refractivity contribution >= 4 is 62.3 Å². The van der Waals surface area contributed by atoms with Crippen LogP contribution in [0.25, 0.3) is 10.8 Å². The van der Waals surface area contributed by atoms with Crippen molar-refractivity contribution in [2.24, 2.45) is 0 Å². The molecule has 2 heterocycles. The zero-order valence-electron chi connectivity index (χ0n) is 16.0. The molecule has 3 aromatic rings. The number of rotatable bonds is 4. The third kappa shape index (κ3) is 4.94. The van der Waals surface area contributed by atoms with Crippen molar-refractivity contribution in [3.05, 3.63) is 57.0 Å². The number of aryl methyl sites for hydroxylation is 1. The molecule has 1 aromatic heterocycles. The maximum atomic E-state index is 9.79. The van der Waals surface area contributed by atoms with Crippen LogP contribution in [0.15, 0.2) is 40.9 Å². The highest BCUT2D eigenvalue weighted by Gasteiger charge is 2.21. The van der Waals surface area contributed by atoms with Gasteiger partial charge in [-0.25, -0.2) is 0 Å². The largest absolute Gasteiger partial charge is 0.393 e. The topological polar surface area (TPSA) is 61.3 Å². The van der Waals surface area contributed by atoms with E-state index in [1.807, 2.05) is 25.1 Å². The van der Waals surface area contributed by atoms with Gasteiger partial charge in [-0.15, -0.1) is 22.6 Å². The predicted octanol–water partition coefficient (Wildman–Crippen LogP) is 5.35. The molecule has 1 aliphatic heterocycles. The van der Waals surface area contributed by atoms with E-state index in [9.17, 15) is 5.11 Å². The monoisotopic (exact) mass is 496 g/mol. The van der Waals surface area contributed by atoms with E-state index in [-0.39, 0.29) is 18.5 Å². The SMILES string of the molecule is Cc1ccc(CNc2nnc(N3CCC(O)CC3)c3ccc(Br)cc23)cc1Cl.Cl. The van der Waals surface area contributed by atoms with Crippen molar-refractivity contribution in [1.29, 1.82) is 0 Å². The highest BCUT2D eigenvalue weighted by molar-refractivity contribution is 9.10. The highest BCUT2D eigenvalue weighted by Crippen LogP contribution is 2.32. The van der Waals surface area contributed by atoms with Gasteiger partial charge in [0.25, 0.3) is 0 Å². The van der Waals surface area contributed by atoms with Gasteiger partial charge in [0.05, 0.1) is 6.10 Å². The van der Waals surface area contributed by atoms with Crippen molar-refractivity contribution in [3.8, 4) is 0 Å². The van der Waals surface area contributed by atoms with Gasteiger partial charge in [0.2, 0.25) is 0 Å². The number of anilines is 2. The van der Waals surface area contributed by atoms with E-state index in [0.29, 0.717) is 6.54 Å². The third-order valence-electron chi connectivity index (χ3n) is 5.18. The summed E-state index contributed by atoms with van der Waals surface area (Å²) in [5.74, 6) is 1.62. The van der Waals surface area contributed by atoms with Crippen LogP contribution >= 0.6 is 39.9 Å². The van der Waals surface area contributed by atoms with E-state index in [0.717, 1.165) is 69.0 Å². The Morgan fingerprint density at radius 2 is 1.90 bits per heavy atom. The molecule has 1 saturated heterocycles. The number of aromatic nitrogens is 2. The number of hydrogen-bond acceptors (Lipinski definition) is 5. The van der Waals surface area contributed by atoms with Crippen molar-refractivity contribution in [1.82, 2.24) is 10.2 Å². The van der Waals surface area contributed by atoms with E-state index in [4.69, 9.17) is 11.6 Å². The molecular formula is C21H23BrCl2N4O. The average Bonchev–Trinajstić information content (AvgIpc) is 2.69. The molecule has 0 amide bonds. The Labute approximate surface area is 190 Å². The molecule has 0 radical (unpaired) electrons. The number of fused-ring (bicyclic) bond motifs is 1. The molecule has 4 rings (SSSR count). The third-order valence-corrected chi connectivity index (χ3v) is 6.08. The van der Waals surface area contributed by atoms with Gasteiger partial charge in [-0.2, -0.15) is 0 Å². The number of halogens is 3. The van der Waals surface area contributed by atoms with Crippen LogP contribution in [-0.2, 0) is 6.54 Å². The normalized spacial score (nSPS) is 14.7. The van der Waals surface area contributed by atoms with Gasteiger partial charge in [0.1, 0.15) is 0 Å². The van der Waals surface area contributed by atoms with Gasteiger partial charge in [-0.3, -0.25) is 0 Å². The lowest BCUT2D eigenvalue weighted by atomic mass is 10.1. The van der Waals surface area contributed by atoms with E-state index in [1.54, 1.807) is 0 Å². The van der Waals surface area contributed by atoms with E-state index >= 15 is 0 Å². The summed E-state index contributed by atoms with van der Waals surface area (Å²) in [5.41, 5.74) is 2.16. The van der Waals surface area contributed by atoms with Crippen LogP contribution in [0.2, 0.25) is 5.02 Å². The first kappa shape index (κ1) is 22.1. The lowest BCUT2D eigenvalue weighted by Crippen LogP contribution is -2.36. The summed E-state index contributed by atoms with van der Waals surface area (Å²) >= 11 is 9.81. The minimum atomic E-state index is -0.216. The average molecular weight is 498 g/mol. The minimum absolute atomic E-state index is 0. The van der Waals surface area contributed by atoms with Gasteiger partial charge in [-0.05, 0) is 55.2 Å². The Kier molecular flexibility index (Phi) is 7.22. The molecule has 2 N–H and O–H groups in total. The fraction of sp³-hybridized carbons (Fsp3) is 0.333. The Hall–Kier alpha value is -1.60. The maximum Gasteiger partial charge on any atom is 0.159 e. The van der Waals surface area contributed by atoms with Gasteiger partial charge in [0, 0.05) is 39.9 Å². The first-order valence-corrected chi connectivity index (χ1v) is 10.6. The van der Waals surface area contributed by atoms with Crippen LogP contribution in [0, 0.1) is 6.92 Å². The molecule has 29 heavy (non-hydrogen) atoms. The molecule has 0 bridgehead atoms. The molecule has 0 aliphatic carbocycles. The summed E-state index contributed by atoms with van der Waals surface area (Å²) in [5, 5.41) is 25.0. The van der Waals surface area contributed by atoms with Crippen molar-refractivity contribution < 1.29 is 5.11 Å². The second kappa shape index (κ2) is 9.47. The zero-order chi connectivity index (χ0) is 19.7. The number of aliphatic hydroxyl groups excluding tert-OH is 1. The van der Waals surface area contributed by atoms with Gasteiger partial charge >= 0.3 is 0 Å². The molecule has 2 aromatic carbocycles. The fourth-order valence-corrected chi connectivity index (χ4v) is 4.05. The van der Waals surface area contributed by atoms with Crippen LogP contribution in [0.3, 0.4) is 0 Å². The Bertz CT molecular complexity index is 1010. The Morgan fingerprint density at radius 3 is 2.62 bits per heavy atom. The summed E-state index contributed by atoms with van der Waals surface area (Å²) in [6.45, 7) is 4.19. The van der Waals surface area contributed by atoms with Gasteiger partial charge in [0.15, 0.2) is 11.6 Å². The molecule has 8 heteroatoms. The van der Waals surface area contributed by atoms with E-state index < -0.39 is 0 Å². The zero-order valence-corrected chi connectivity index (χ0v) is 19.2. The Morgan fingerprint density at radius 1 is 1.14 bits per heavy atom. The lowest BCUT2D eigenvalue weighted by Gasteiger charge is -2.31. The molecule has 1 fully saturated rings. The smallest absolute Gasteiger partial charge is 0.159 e. The highest BCUT2D eigenvalue weighted by atomic mass is 79.9. The number of nitrogens with one attached hydrogen (secondary N) is 1. The van der Waals surface area contributed by atoms with Crippen molar-refractivity contribution in [2.45, 2.75) is 32.4 Å². The molecule has 0 spiro atoms. The molecule has 5 nitrogen and oxygen atoms in total. The van der Waals surface area contributed by atoms with Crippen LogP contribution in [-0.4, -0.2) is 34.5 Å². The summed E-state index contributed by atoms with van der Waals surface area (Å²) in [7, 11) is 0. The lowest BCUT2D eigenvalue weighted by molar-refractivity contribution is 0.145. The molecule has 0 unspecified atom stereocenters. The first-order valence-electron chi connectivity index (χ1n) is 9.39. The standard InChI is InChI=1S/C21H22BrClN4O.ClH/c1-13-2-3-14(10-19(13)23)12-24-20-18-11-15(22)4-5-17(18)21(26-25-20)27-8-6-16(28)7-9-27;/h2-5,10-11,16,28H,6-9,12H2,1H3,(H,24,25);1H. The van der Waals surface area contributed by atoms with Crippen molar-refractivity contribution in [3.63, 3.8) is 0 Å². The summed E-state index contributed by atoms with van der Waals surface area (Å²) < 4.78 is 0.995. The quantitative estimate of drug-likeness (QED) is 0.508. The molecule has 0 atom stereocenters. The second-order valence-electron chi connectivity index (χ2n) is 7.22. The number of benzene rings is 2. The maximum absolute atomic E-state index is 9.79. The van der Waals surface area contributed by atoms with Crippen LogP contribution < -0.4 is 10.2 Å². The van der Waals surface area contributed by atoms with E-state index in [1.165, 1.54) is 0 Å². The molecule has 154 valence electrons. The van der Waals surface area contributed by atoms with Crippen LogP contribution in [0.1, 0.15) is 24.0 Å². The number of hydrogen-bond donors (Lipinski definition) is 2. The van der Waals surface area contributed by atoms with Gasteiger partial charge in [-0.1, -0.05) is 39.7 Å². The summed E-state index contributed by atoms with van der Waals surface area (Å²) in [6.07, 6.45) is 1.30. The van der Waals surface area contributed by atoms with Crippen LogP contribution in [0.4, 0.5) is 11.6 Å². The summed E-state index contributed by atoms with van der Waals surface area (Å²) in [4.78, 5) is 2.21. The predicted molar refractivity (Wildman–Crippen MR) is 125 cm³/mol. The number of piperidine rings is 1. The van der Waals surface area contributed by atoms with Crippen LogP contribution in [0.5, 0.6) is 0 Å². The molecule has 1 aliphatic rings. The second-order valence-corrected chi connectivity index (χ2v) is 8.54. The number of aliphatic hydroxyl groups is 1. The molecule has 0 saturated carbocycles. The number of nitrogens with zero attached hydrogens (tertiary/aromatic N) is 3. The summed E-state index contributed by atoms with van der Waals surface area (Å²) in [6, 6.07) is 12.2. The van der Waals surface area contributed by atoms with Crippen molar-refractivity contribution in [2.75, 3.05) is 23.3 Å².